The zero-order valence-electron chi connectivity index (χ0n) is 10.6. The van der Waals surface area contributed by atoms with E-state index in [4.69, 9.17) is 0 Å². The molecule has 0 bridgehead atoms. The van der Waals surface area contributed by atoms with Gasteiger partial charge in [0.1, 0.15) is 9.84 Å². The molecule has 2 heterocycles. The van der Waals surface area contributed by atoms with Gasteiger partial charge in [-0.15, -0.1) is 0 Å². The van der Waals surface area contributed by atoms with Crippen molar-refractivity contribution in [3.8, 4) is 0 Å². The number of aromatic amines is 1. The predicted molar refractivity (Wildman–Crippen MR) is 70.7 cm³/mol. The summed E-state index contributed by atoms with van der Waals surface area (Å²) < 4.78 is 48.6. The number of sulfone groups is 1. The van der Waals surface area contributed by atoms with Crippen LogP contribution in [-0.2, 0) is 26.4 Å². The molecule has 0 amide bonds. The third-order valence-corrected chi connectivity index (χ3v) is 7.34. The van der Waals surface area contributed by atoms with E-state index in [1.807, 2.05) is 0 Å². The molecule has 2 rings (SSSR count). The zero-order chi connectivity index (χ0) is 14.1. The highest BCUT2D eigenvalue weighted by molar-refractivity contribution is 7.92. The summed E-state index contributed by atoms with van der Waals surface area (Å²) in [6.45, 7) is 0.238. The molecule has 0 spiro atoms. The largest absolute Gasteiger partial charge is 0.285 e. The Balaban J connectivity index is 2.06. The molecule has 0 aromatic carbocycles. The van der Waals surface area contributed by atoms with Crippen LogP contribution in [0.25, 0.3) is 0 Å². The van der Waals surface area contributed by atoms with Gasteiger partial charge in [0.05, 0.1) is 23.0 Å². The molecular weight excluding hydrogens is 290 g/mol. The standard InChI is InChI=1S/C10H17N3O4S2/c1-13(8-9-6-11-12-7-9)19(16,17)10-2-4-18(14,15)5-3-10/h6-7,10H,2-5,8H2,1H3,(H,11,12). The molecule has 108 valence electrons. The number of hydrogen-bond donors (Lipinski definition) is 1. The van der Waals surface area contributed by atoms with Crippen LogP contribution in [0.1, 0.15) is 18.4 Å². The first-order valence-electron chi connectivity index (χ1n) is 5.94. The molecule has 0 saturated carbocycles. The summed E-state index contributed by atoms with van der Waals surface area (Å²) in [6, 6.07) is 0. The molecule has 0 aliphatic carbocycles. The molecule has 0 atom stereocenters. The highest BCUT2D eigenvalue weighted by atomic mass is 32.2. The summed E-state index contributed by atoms with van der Waals surface area (Å²) in [7, 11) is -5.01. The predicted octanol–water partition coefficient (Wildman–Crippen LogP) is -0.251. The lowest BCUT2D eigenvalue weighted by Crippen LogP contribution is -2.40. The molecule has 1 aromatic rings. The first kappa shape index (κ1) is 14.5. The van der Waals surface area contributed by atoms with Crippen LogP contribution in [0.15, 0.2) is 12.4 Å². The molecule has 1 fully saturated rings. The Kier molecular flexibility index (Phi) is 3.98. The van der Waals surface area contributed by atoms with E-state index in [0.29, 0.717) is 0 Å². The third-order valence-electron chi connectivity index (χ3n) is 3.32. The van der Waals surface area contributed by atoms with Crippen LogP contribution < -0.4 is 0 Å². The molecule has 1 aliphatic rings. The maximum absolute atomic E-state index is 12.3. The van der Waals surface area contributed by atoms with Crippen LogP contribution in [0.3, 0.4) is 0 Å². The van der Waals surface area contributed by atoms with Crippen LogP contribution in [0.4, 0.5) is 0 Å². The van der Waals surface area contributed by atoms with Gasteiger partial charge in [0.2, 0.25) is 10.0 Å². The van der Waals surface area contributed by atoms with Gasteiger partial charge in [0, 0.05) is 25.4 Å². The fourth-order valence-corrected chi connectivity index (χ4v) is 5.59. The average Bonchev–Trinajstić information content (AvgIpc) is 2.81. The zero-order valence-corrected chi connectivity index (χ0v) is 12.2. The lowest BCUT2D eigenvalue weighted by Gasteiger charge is -2.26. The second-order valence-corrected chi connectivity index (χ2v) is 9.38. The Morgan fingerprint density at radius 3 is 2.58 bits per heavy atom. The smallest absolute Gasteiger partial charge is 0.217 e. The van der Waals surface area contributed by atoms with Crippen molar-refractivity contribution in [2.24, 2.45) is 0 Å². The van der Waals surface area contributed by atoms with Crippen molar-refractivity contribution in [3.63, 3.8) is 0 Å². The van der Waals surface area contributed by atoms with Gasteiger partial charge in [-0.1, -0.05) is 0 Å². The van der Waals surface area contributed by atoms with E-state index in [0.717, 1.165) is 5.56 Å². The van der Waals surface area contributed by atoms with Crippen molar-refractivity contribution in [1.29, 1.82) is 0 Å². The summed E-state index contributed by atoms with van der Waals surface area (Å²) in [5.41, 5.74) is 0.773. The highest BCUT2D eigenvalue weighted by Gasteiger charge is 2.35. The molecule has 0 radical (unpaired) electrons. The average molecular weight is 307 g/mol. The normalized spacial score (nSPS) is 20.7. The highest BCUT2D eigenvalue weighted by Crippen LogP contribution is 2.22. The van der Waals surface area contributed by atoms with Gasteiger partial charge in [-0.25, -0.2) is 21.1 Å². The number of aromatic nitrogens is 2. The van der Waals surface area contributed by atoms with Crippen molar-refractivity contribution < 1.29 is 16.8 Å². The lowest BCUT2D eigenvalue weighted by molar-refractivity contribution is 0.448. The number of rotatable bonds is 4. The number of H-pyrrole nitrogens is 1. The molecule has 1 aliphatic heterocycles. The Bertz CT molecular complexity index is 608. The van der Waals surface area contributed by atoms with E-state index in [1.54, 1.807) is 12.4 Å². The maximum atomic E-state index is 12.3. The number of sulfonamides is 1. The molecule has 9 heteroatoms. The first-order valence-corrected chi connectivity index (χ1v) is 9.27. The molecule has 0 unspecified atom stereocenters. The lowest BCUT2D eigenvalue weighted by atomic mass is 10.2. The number of nitrogens with zero attached hydrogens (tertiary/aromatic N) is 2. The summed E-state index contributed by atoms with van der Waals surface area (Å²) in [6.07, 6.45) is 3.56. The van der Waals surface area contributed by atoms with E-state index in [9.17, 15) is 16.8 Å². The van der Waals surface area contributed by atoms with Crippen molar-refractivity contribution in [3.05, 3.63) is 18.0 Å². The fourth-order valence-electron chi connectivity index (χ4n) is 2.13. The van der Waals surface area contributed by atoms with Crippen LogP contribution >= 0.6 is 0 Å². The Morgan fingerprint density at radius 1 is 1.42 bits per heavy atom. The maximum Gasteiger partial charge on any atom is 0.217 e. The van der Waals surface area contributed by atoms with E-state index in [2.05, 4.69) is 10.2 Å². The molecule has 1 aromatic heterocycles. The molecule has 1 N–H and O–H groups in total. The van der Waals surface area contributed by atoms with Gasteiger partial charge in [-0.2, -0.15) is 5.10 Å². The van der Waals surface area contributed by atoms with E-state index >= 15 is 0 Å². The quantitative estimate of drug-likeness (QED) is 0.826. The molecule has 1 saturated heterocycles. The minimum atomic E-state index is -3.46. The van der Waals surface area contributed by atoms with E-state index < -0.39 is 25.1 Å². The Hall–Kier alpha value is -0.930. The minimum Gasteiger partial charge on any atom is -0.285 e. The van der Waals surface area contributed by atoms with Crippen LogP contribution in [-0.4, -0.2) is 55.1 Å². The summed E-state index contributed by atoms with van der Waals surface area (Å²) >= 11 is 0. The van der Waals surface area contributed by atoms with Gasteiger partial charge in [-0.05, 0) is 12.8 Å². The second-order valence-electron chi connectivity index (χ2n) is 4.76. The van der Waals surface area contributed by atoms with Gasteiger partial charge >= 0.3 is 0 Å². The van der Waals surface area contributed by atoms with Gasteiger partial charge in [0.15, 0.2) is 0 Å². The van der Waals surface area contributed by atoms with Gasteiger partial charge in [-0.3, -0.25) is 5.10 Å². The molecule has 7 nitrogen and oxygen atoms in total. The first-order chi connectivity index (χ1) is 8.81. The summed E-state index contributed by atoms with van der Waals surface area (Å²) in [4.78, 5) is 0. The van der Waals surface area contributed by atoms with Crippen LogP contribution in [0, 0.1) is 0 Å². The summed E-state index contributed by atoms with van der Waals surface area (Å²) in [5.74, 6) is -0.0904. The van der Waals surface area contributed by atoms with E-state index in [-0.39, 0.29) is 30.9 Å². The fraction of sp³-hybridized carbons (Fsp3) is 0.700. The monoisotopic (exact) mass is 307 g/mol. The second kappa shape index (κ2) is 5.22. The third kappa shape index (κ3) is 3.34. The summed E-state index contributed by atoms with van der Waals surface area (Å²) in [5, 5.41) is 5.79. The van der Waals surface area contributed by atoms with Crippen molar-refractivity contribution >= 4 is 19.9 Å². The molecular formula is C10H17N3O4S2. The topological polar surface area (TPSA) is 100 Å². The number of hydrogen-bond acceptors (Lipinski definition) is 5. The van der Waals surface area contributed by atoms with Crippen molar-refractivity contribution in [2.75, 3.05) is 18.6 Å². The van der Waals surface area contributed by atoms with Crippen LogP contribution in [0.2, 0.25) is 0 Å². The minimum absolute atomic E-state index is 0.0452. The molecule has 19 heavy (non-hydrogen) atoms. The number of nitrogens with one attached hydrogen (secondary N) is 1. The Morgan fingerprint density at radius 2 is 2.05 bits per heavy atom. The van der Waals surface area contributed by atoms with Crippen molar-refractivity contribution in [1.82, 2.24) is 14.5 Å². The van der Waals surface area contributed by atoms with Crippen molar-refractivity contribution in [2.45, 2.75) is 24.6 Å². The Labute approximate surface area is 113 Å². The van der Waals surface area contributed by atoms with E-state index in [1.165, 1.54) is 11.4 Å². The van der Waals surface area contributed by atoms with Crippen LogP contribution in [0.5, 0.6) is 0 Å². The SMILES string of the molecule is CN(Cc1cn[nH]c1)S(=O)(=O)C1CCS(=O)(=O)CC1. The van der Waals surface area contributed by atoms with Gasteiger partial charge in [0.25, 0.3) is 0 Å². The van der Waals surface area contributed by atoms with Gasteiger partial charge < -0.3 is 0 Å².